The van der Waals surface area contributed by atoms with Crippen molar-refractivity contribution in [1.82, 2.24) is 0 Å². The van der Waals surface area contributed by atoms with E-state index in [0.29, 0.717) is 5.56 Å². The molecule has 0 heterocycles. The number of benzene rings is 1. The first kappa shape index (κ1) is 8.71. The Morgan fingerprint density at radius 2 is 2.08 bits per heavy atom. The number of rotatable bonds is 1. The summed E-state index contributed by atoms with van der Waals surface area (Å²) in [6.07, 6.45) is 0. The van der Waals surface area contributed by atoms with Crippen LogP contribution in [-0.2, 0) is 0 Å². The average molecular weight is 167 g/mol. The Hall–Kier alpha value is -1.38. The van der Waals surface area contributed by atoms with Crippen molar-refractivity contribution in [3.8, 4) is 5.75 Å². The quantitative estimate of drug-likeness (QED) is 0.619. The molecular formula is C9H10FNO. The largest absolute Gasteiger partial charge is 0.507 e. The molecule has 0 saturated carbocycles. The third-order valence-electron chi connectivity index (χ3n) is 1.59. The molecule has 2 N–H and O–H groups in total. The van der Waals surface area contributed by atoms with Gasteiger partial charge in [0.25, 0.3) is 0 Å². The third-order valence-corrected chi connectivity index (χ3v) is 1.59. The van der Waals surface area contributed by atoms with E-state index in [-0.39, 0.29) is 17.0 Å². The summed E-state index contributed by atoms with van der Waals surface area (Å²) in [7, 11) is 0. The zero-order chi connectivity index (χ0) is 9.30. The normalized spacial score (nSPS) is 9.92. The number of hydrogen-bond acceptors (Lipinski definition) is 2. The van der Waals surface area contributed by atoms with Crippen molar-refractivity contribution >= 4 is 5.71 Å². The van der Waals surface area contributed by atoms with Crippen molar-refractivity contribution in [2.45, 2.75) is 13.8 Å². The topological polar surface area (TPSA) is 44.1 Å². The van der Waals surface area contributed by atoms with Gasteiger partial charge in [-0.25, -0.2) is 4.39 Å². The number of phenolic OH excluding ortho intramolecular Hbond substituents is 1. The molecule has 0 saturated heterocycles. The van der Waals surface area contributed by atoms with Crippen LogP contribution in [-0.4, -0.2) is 10.8 Å². The molecule has 0 aliphatic heterocycles. The van der Waals surface area contributed by atoms with Crippen LogP contribution in [0.15, 0.2) is 12.1 Å². The van der Waals surface area contributed by atoms with Gasteiger partial charge < -0.3 is 10.5 Å². The summed E-state index contributed by atoms with van der Waals surface area (Å²) in [6, 6.07) is 2.74. The Morgan fingerprint density at radius 3 is 2.50 bits per heavy atom. The van der Waals surface area contributed by atoms with Crippen molar-refractivity contribution in [2.24, 2.45) is 0 Å². The van der Waals surface area contributed by atoms with Gasteiger partial charge in [0.1, 0.15) is 11.6 Å². The first-order valence-electron chi connectivity index (χ1n) is 3.57. The van der Waals surface area contributed by atoms with Gasteiger partial charge >= 0.3 is 0 Å². The molecule has 0 unspecified atom stereocenters. The van der Waals surface area contributed by atoms with Gasteiger partial charge in [0.2, 0.25) is 0 Å². The monoisotopic (exact) mass is 167 g/mol. The molecule has 0 aromatic heterocycles. The molecule has 0 spiro atoms. The molecule has 1 aromatic rings. The van der Waals surface area contributed by atoms with Crippen LogP contribution in [0.1, 0.15) is 18.1 Å². The molecule has 0 bridgehead atoms. The van der Waals surface area contributed by atoms with Crippen molar-refractivity contribution in [2.75, 3.05) is 0 Å². The van der Waals surface area contributed by atoms with Crippen molar-refractivity contribution in [1.29, 1.82) is 5.41 Å². The maximum absolute atomic E-state index is 13.1. The summed E-state index contributed by atoms with van der Waals surface area (Å²) >= 11 is 0. The highest BCUT2D eigenvalue weighted by Gasteiger charge is 2.10. The standard InChI is InChI=1S/C9H10FNO/c1-5-3-7(10)9(6(2)11)8(12)4-5/h3-4,11-12H,1-2H3. The molecule has 0 atom stereocenters. The zero-order valence-corrected chi connectivity index (χ0v) is 6.98. The van der Waals surface area contributed by atoms with E-state index in [2.05, 4.69) is 0 Å². The zero-order valence-electron chi connectivity index (χ0n) is 6.98. The Balaban J connectivity index is 3.38. The molecule has 0 amide bonds. The van der Waals surface area contributed by atoms with Gasteiger partial charge in [-0.2, -0.15) is 0 Å². The molecule has 3 heteroatoms. The molecule has 12 heavy (non-hydrogen) atoms. The second kappa shape index (κ2) is 2.93. The number of nitrogens with one attached hydrogen (secondary N) is 1. The minimum Gasteiger partial charge on any atom is -0.507 e. The van der Waals surface area contributed by atoms with Crippen LogP contribution >= 0.6 is 0 Å². The van der Waals surface area contributed by atoms with E-state index in [9.17, 15) is 9.50 Å². The highest BCUT2D eigenvalue weighted by Crippen LogP contribution is 2.22. The summed E-state index contributed by atoms with van der Waals surface area (Å²) < 4.78 is 13.1. The predicted octanol–water partition coefficient (Wildman–Crippen LogP) is 2.23. The van der Waals surface area contributed by atoms with Crippen LogP contribution in [0.5, 0.6) is 5.75 Å². The lowest BCUT2D eigenvalue weighted by Gasteiger charge is -2.04. The summed E-state index contributed by atoms with van der Waals surface area (Å²) in [5, 5.41) is 16.4. The summed E-state index contributed by atoms with van der Waals surface area (Å²) in [6.45, 7) is 3.12. The Labute approximate surface area is 70.2 Å². The highest BCUT2D eigenvalue weighted by atomic mass is 19.1. The van der Waals surface area contributed by atoms with Gasteiger partial charge in [-0.05, 0) is 31.5 Å². The van der Waals surface area contributed by atoms with Gasteiger partial charge in [0.05, 0.1) is 5.56 Å². The molecule has 0 radical (unpaired) electrons. The van der Waals surface area contributed by atoms with E-state index < -0.39 is 5.82 Å². The summed E-state index contributed by atoms with van der Waals surface area (Å²) in [5.74, 6) is -0.708. The maximum Gasteiger partial charge on any atom is 0.136 e. The second-order valence-corrected chi connectivity index (χ2v) is 2.77. The number of aromatic hydroxyl groups is 1. The van der Waals surface area contributed by atoms with Crippen LogP contribution < -0.4 is 0 Å². The second-order valence-electron chi connectivity index (χ2n) is 2.77. The summed E-state index contributed by atoms with van der Waals surface area (Å²) in [4.78, 5) is 0. The average Bonchev–Trinajstić information content (AvgIpc) is 1.82. The molecule has 2 nitrogen and oxygen atoms in total. The summed E-state index contributed by atoms with van der Waals surface area (Å²) in [5.41, 5.74) is 0.667. The van der Waals surface area contributed by atoms with Gasteiger partial charge in [-0.15, -0.1) is 0 Å². The van der Waals surface area contributed by atoms with Gasteiger partial charge in [0.15, 0.2) is 0 Å². The van der Waals surface area contributed by atoms with Crippen LogP contribution in [0.3, 0.4) is 0 Å². The smallest absolute Gasteiger partial charge is 0.136 e. The third kappa shape index (κ3) is 1.44. The number of halogens is 1. The number of aryl methyl sites for hydroxylation is 1. The van der Waals surface area contributed by atoms with Gasteiger partial charge in [-0.1, -0.05) is 0 Å². The van der Waals surface area contributed by atoms with Crippen molar-refractivity contribution in [3.63, 3.8) is 0 Å². The Bertz CT molecular complexity index is 310. The van der Waals surface area contributed by atoms with Crippen molar-refractivity contribution in [3.05, 3.63) is 29.1 Å². The van der Waals surface area contributed by atoms with Crippen LogP contribution in [0.4, 0.5) is 4.39 Å². The van der Waals surface area contributed by atoms with Crippen LogP contribution in [0.2, 0.25) is 0 Å². The number of hydrogen-bond donors (Lipinski definition) is 2. The lowest BCUT2D eigenvalue weighted by molar-refractivity contribution is 0.466. The fourth-order valence-corrected chi connectivity index (χ4v) is 1.10. The molecule has 1 rings (SSSR count). The lowest BCUT2D eigenvalue weighted by Crippen LogP contribution is -1.98. The molecule has 1 aromatic carbocycles. The molecule has 0 aliphatic carbocycles. The molecule has 0 fully saturated rings. The van der Waals surface area contributed by atoms with Gasteiger partial charge in [0, 0.05) is 5.71 Å². The minimum atomic E-state index is -0.542. The van der Waals surface area contributed by atoms with Crippen LogP contribution in [0.25, 0.3) is 0 Å². The SMILES string of the molecule is CC(=N)c1c(O)cc(C)cc1F. The highest BCUT2D eigenvalue weighted by molar-refractivity contribution is 5.99. The lowest BCUT2D eigenvalue weighted by atomic mass is 10.1. The van der Waals surface area contributed by atoms with E-state index in [1.807, 2.05) is 0 Å². The molecule has 64 valence electrons. The minimum absolute atomic E-state index is 0.0133. The van der Waals surface area contributed by atoms with E-state index in [1.54, 1.807) is 6.92 Å². The molecular weight excluding hydrogens is 157 g/mol. The van der Waals surface area contributed by atoms with E-state index >= 15 is 0 Å². The van der Waals surface area contributed by atoms with Gasteiger partial charge in [-0.3, -0.25) is 0 Å². The fraction of sp³-hybridized carbons (Fsp3) is 0.222. The van der Waals surface area contributed by atoms with E-state index in [1.165, 1.54) is 19.1 Å². The Morgan fingerprint density at radius 1 is 1.50 bits per heavy atom. The van der Waals surface area contributed by atoms with Crippen molar-refractivity contribution < 1.29 is 9.50 Å². The maximum atomic E-state index is 13.1. The van der Waals surface area contributed by atoms with Crippen LogP contribution in [0, 0.1) is 18.2 Å². The van der Waals surface area contributed by atoms with E-state index in [0.717, 1.165) is 0 Å². The fourth-order valence-electron chi connectivity index (χ4n) is 1.10. The predicted molar refractivity (Wildman–Crippen MR) is 45.3 cm³/mol. The number of phenols is 1. The first-order chi connectivity index (χ1) is 5.52. The first-order valence-corrected chi connectivity index (χ1v) is 3.57. The molecule has 0 aliphatic rings. The van der Waals surface area contributed by atoms with E-state index in [4.69, 9.17) is 5.41 Å². The Kier molecular flexibility index (Phi) is 2.13.